The maximum Gasteiger partial charge on any atom is 0.405 e. The average Bonchev–Trinajstić information content (AvgIpc) is 3.24. The molecular formula is C12H11F3N8O. The number of halogens is 3. The molecule has 3 aromatic heterocycles. The molecule has 4 heterocycles. The monoisotopic (exact) mass is 340 g/mol. The number of hydrogen-bond acceptors (Lipinski definition) is 8. The van der Waals surface area contributed by atoms with Crippen LogP contribution < -0.4 is 4.90 Å². The molecule has 1 atom stereocenters. The number of tetrazole rings is 1. The molecule has 24 heavy (non-hydrogen) atoms. The summed E-state index contributed by atoms with van der Waals surface area (Å²) < 4.78 is 47.7. The lowest BCUT2D eigenvalue weighted by atomic mass is 9.86. The summed E-state index contributed by atoms with van der Waals surface area (Å²) in [6, 6.07) is 0. The number of alkyl halides is 3. The molecule has 1 aliphatic rings. The third-order valence-corrected chi connectivity index (χ3v) is 4.15. The largest absolute Gasteiger partial charge is 0.405 e. The number of aromatic nitrogens is 7. The van der Waals surface area contributed by atoms with Gasteiger partial charge >= 0.3 is 6.18 Å². The number of fused-ring (bicyclic) bond motifs is 1. The maximum absolute atomic E-state index is 13.8. The molecule has 4 rings (SSSR count). The number of hydrogen-bond donors (Lipinski definition) is 0. The van der Waals surface area contributed by atoms with Crippen molar-refractivity contribution in [1.82, 2.24) is 35.2 Å². The zero-order chi connectivity index (χ0) is 16.9. The van der Waals surface area contributed by atoms with Crippen LogP contribution in [0.5, 0.6) is 0 Å². The smallest absolute Gasteiger partial charge is 0.352 e. The maximum atomic E-state index is 13.8. The topological polar surface area (TPSA) is 98.1 Å². The minimum atomic E-state index is -4.54. The van der Waals surface area contributed by atoms with Crippen molar-refractivity contribution < 1.29 is 17.7 Å². The van der Waals surface area contributed by atoms with Gasteiger partial charge in [0.15, 0.2) is 17.1 Å². The SMILES string of the molecule is Cc1noc(C2(C(F)(F)F)CCN(c3nccn4nnnc34)C2)n1. The van der Waals surface area contributed by atoms with Gasteiger partial charge in [-0.2, -0.15) is 22.7 Å². The zero-order valence-electron chi connectivity index (χ0n) is 12.4. The van der Waals surface area contributed by atoms with E-state index in [2.05, 4.69) is 30.7 Å². The summed E-state index contributed by atoms with van der Waals surface area (Å²) in [5, 5.41) is 14.6. The molecule has 0 amide bonds. The molecule has 126 valence electrons. The Morgan fingerprint density at radius 1 is 1.33 bits per heavy atom. The highest BCUT2D eigenvalue weighted by molar-refractivity contribution is 5.63. The van der Waals surface area contributed by atoms with E-state index in [0.717, 1.165) is 0 Å². The summed E-state index contributed by atoms with van der Waals surface area (Å²) in [6.07, 6.45) is -1.81. The van der Waals surface area contributed by atoms with Crippen LogP contribution in [0.3, 0.4) is 0 Å². The zero-order valence-corrected chi connectivity index (χ0v) is 12.4. The van der Waals surface area contributed by atoms with Crippen LogP contribution in [0.15, 0.2) is 16.9 Å². The van der Waals surface area contributed by atoms with Gasteiger partial charge < -0.3 is 9.42 Å². The molecular weight excluding hydrogens is 329 g/mol. The van der Waals surface area contributed by atoms with Crippen molar-refractivity contribution in [3.63, 3.8) is 0 Å². The summed E-state index contributed by atoms with van der Waals surface area (Å²) >= 11 is 0. The fourth-order valence-electron chi connectivity index (χ4n) is 2.90. The summed E-state index contributed by atoms with van der Waals surface area (Å²) in [7, 11) is 0. The molecule has 9 nitrogen and oxygen atoms in total. The second kappa shape index (κ2) is 4.85. The van der Waals surface area contributed by atoms with Gasteiger partial charge in [0, 0.05) is 19.3 Å². The van der Waals surface area contributed by atoms with E-state index in [1.54, 1.807) is 0 Å². The molecule has 0 aliphatic carbocycles. The van der Waals surface area contributed by atoms with Crippen LogP contribution in [0.25, 0.3) is 5.65 Å². The minimum Gasteiger partial charge on any atom is -0.352 e. The number of rotatable bonds is 2. The van der Waals surface area contributed by atoms with E-state index in [-0.39, 0.29) is 30.3 Å². The molecule has 1 fully saturated rings. The van der Waals surface area contributed by atoms with Crippen molar-refractivity contribution in [2.45, 2.75) is 24.9 Å². The Morgan fingerprint density at radius 3 is 2.88 bits per heavy atom. The normalized spacial score (nSPS) is 21.8. The van der Waals surface area contributed by atoms with Crippen molar-refractivity contribution >= 4 is 11.5 Å². The predicted octanol–water partition coefficient (Wildman–Crippen LogP) is 0.921. The number of nitrogens with zero attached hydrogens (tertiary/aromatic N) is 8. The molecule has 0 radical (unpaired) electrons. The number of anilines is 1. The van der Waals surface area contributed by atoms with Crippen molar-refractivity contribution in [2.24, 2.45) is 0 Å². The second-order valence-electron chi connectivity index (χ2n) is 5.60. The van der Waals surface area contributed by atoms with E-state index in [0.29, 0.717) is 0 Å². The lowest BCUT2D eigenvalue weighted by molar-refractivity contribution is -0.191. The van der Waals surface area contributed by atoms with Crippen LogP contribution in [0.1, 0.15) is 18.1 Å². The molecule has 12 heteroatoms. The van der Waals surface area contributed by atoms with Crippen LogP contribution in [-0.2, 0) is 5.41 Å². The Hall–Kier alpha value is -2.79. The molecule has 1 unspecified atom stereocenters. The minimum absolute atomic E-state index is 0.112. The van der Waals surface area contributed by atoms with Crippen LogP contribution in [0.2, 0.25) is 0 Å². The third-order valence-electron chi connectivity index (χ3n) is 4.15. The predicted molar refractivity (Wildman–Crippen MR) is 72.2 cm³/mol. The Morgan fingerprint density at radius 2 is 2.17 bits per heavy atom. The number of aryl methyl sites for hydroxylation is 1. The lowest BCUT2D eigenvalue weighted by Gasteiger charge is -2.28. The molecule has 1 aliphatic heterocycles. The van der Waals surface area contributed by atoms with Gasteiger partial charge in [-0.25, -0.2) is 4.98 Å². The first kappa shape index (κ1) is 14.8. The summed E-state index contributed by atoms with van der Waals surface area (Å²) in [4.78, 5) is 9.44. The highest BCUT2D eigenvalue weighted by Crippen LogP contribution is 2.47. The van der Waals surface area contributed by atoms with Gasteiger partial charge in [-0.1, -0.05) is 5.16 Å². The average molecular weight is 340 g/mol. The standard InChI is InChI=1S/C12H11F3N8O/c1-7-17-10(24-19-7)11(12(13,14)15)2-4-22(6-11)8-9-18-20-21-23(9)5-3-16-8/h3,5H,2,4,6H2,1H3. The lowest BCUT2D eigenvalue weighted by Crippen LogP contribution is -2.45. The molecule has 0 saturated carbocycles. The van der Waals surface area contributed by atoms with Crippen LogP contribution >= 0.6 is 0 Å². The second-order valence-corrected chi connectivity index (χ2v) is 5.60. The van der Waals surface area contributed by atoms with Crippen LogP contribution in [0, 0.1) is 6.92 Å². The first-order valence-electron chi connectivity index (χ1n) is 7.06. The molecule has 0 bridgehead atoms. The quantitative estimate of drug-likeness (QED) is 0.679. The van der Waals surface area contributed by atoms with Crippen LogP contribution in [0.4, 0.5) is 19.0 Å². The van der Waals surface area contributed by atoms with Crippen LogP contribution in [-0.4, -0.2) is 54.4 Å². The highest BCUT2D eigenvalue weighted by atomic mass is 19.4. The van der Waals surface area contributed by atoms with Gasteiger partial charge in [-0.15, -0.1) is 5.10 Å². The van der Waals surface area contributed by atoms with E-state index >= 15 is 0 Å². The van der Waals surface area contributed by atoms with E-state index in [1.807, 2.05) is 0 Å². The Balaban J connectivity index is 1.77. The van der Waals surface area contributed by atoms with Gasteiger partial charge in [-0.3, -0.25) is 0 Å². The van der Waals surface area contributed by atoms with Gasteiger partial charge in [0.05, 0.1) is 6.20 Å². The van der Waals surface area contributed by atoms with E-state index in [1.165, 1.54) is 28.7 Å². The molecule has 0 spiro atoms. The Bertz CT molecular complexity index is 890. The Kier molecular flexibility index (Phi) is 2.99. The van der Waals surface area contributed by atoms with Gasteiger partial charge in [0.1, 0.15) is 0 Å². The van der Waals surface area contributed by atoms with Crippen molar-refractivity contribution in [1.29, 1.82) is 0 Å². The van der Waals surface area contributed by atoms with E-state index in [9.17, 15) is 13.2 Å². The summed E-state index contributed by atoms with van der Waals surface area (Å²) in [5.41, 5.74) is -1.95. The van der Waals surface area contributed by atoms with Gasteiger partial charge in [-0.05, 0) is 23.8 Å². The van der Waals surface area contributed by atoms with Crippen molar-refractivity contribution in [2.75, 3.05) is 18.0 Å². The molecule has 3 aromatic rings. The van der Waals surface area contributed by atoms with E-state index in [4.69, 9.17) is 4.52 Å². The van der Waals surface area contributed by atoms with Crippen molar-refractivity contribution in [3.8, 4) is 0 Å². The van der Waals surface area contributed by atoms with Crippen molar-refractivity contribution in [3.05, 3.63) is 24.1 Å². The summed E-state index contributed by atoms with van der Waals surface area (Å²) in [6.45, 7) is 1.20. The summed E-state index contributed by atoms with van der Waals surface area (Å²) in [5.74, 6) is 0.0142. The molecule has 0 aromatic carbocycles. The Labute approximate surface area is 132 Å². The molecule has 1 saturated heterocycles. The first-order chi connectivity index (χ1) is 11.4. The fraction of sp³-hybridized carbons (Fsp3) is 0.500. The molecule has 0 N–H and O–H groups in total. The van der Waals surface area contributed by atoms with Gasteiger partial charge in [0.25, 0.3) is 0 Å². The highest BCUT2D eigenvalue weighted by Gasteiger charge is 2.63. The van der Waals surface area contributed by atoms with Gasteiger partial charge in [0.2, 0.25) is 11.5 Å². The first-order valence-corrected chi connectivity index (χ1v) is 7.06. The van der Waals surface area contributed by atoms with E-state index < -0.39 is 24.0 Å². The third kappa shape index (κ3) is 2.02. The fourth-order valence-corrected chi connectivity index (χ4v) is 2.90.